The van der Waals surface area contributed by atoms with E-state index in [9.17, 15) is 4.79 Å². The number of benzene rings is 2. The molecule has 0 aliphatic heterocycles. The summed E-state index contributed by atoms with van der Waals surface area (Å²) in [5, 5.41) is 3.92. The molecule has 2 aromatic carbocycles. The van der Waals surface area contributed by atoms with Gasteiger partial charge in [-0.05, 0) is 60.0 Å². The van der Waals surface area contributed by atoms with Gasteiger partial charge in [-0.25, -0.2) is 5.43 Å². The van der Waals surface area contributed by atoms with Crippen molar-refractivity contribution in [3.05, 3.63) is 54.1 Å². The third-order valence-electron chi connectivity index (χ3n) is 3.30. The van der Waals surface area contributed by atoms with E-state index in [0.717, 1.165) is 17.1 Å². The van der Waals surface area contributed by atoms with Gasteiger partial charge >= 0.3 is 0 Å². The fourth-order valence-electron chi connectivity index (χ4n) is 1.94. The molecule has 0 saturated carbocycles. The van der Waals surface area contributed by atoms with Gasteiger partial charge in [-0.15, -0.1) is 0 Å². The van der Waals surface area contributed by atoms with E-state index in [1.165, 1.54) is 0 Å². The number of nitrogens with one attached hydrogen (secondary N) is 1. The van der Waals surface area contributed by atoms with Crippen molar-refractivity contribution in [1.82, 2.24) is 5.43 Å². The van der Waals surface area contributed by atoms with Crippen LogP contribution in [0.25, 0.3) is 0 Å². The number of hydrogen-bond donors (Lipinski definition) is 1. The first kappa shape index (κ1) is 19.3. The number of nitrogens with zero attached hydrogens (tertiary/aromatic N) is 1. The molecule has 0 aliphatic rings. The third-order valence-corrected chi connectivity index (χ3v) is 3.30. The normalized spacial score (nSPS) is 10.8. The molecule has 0 bridgehead atoms. The highest BCUT2D eigenvalue weighted by molar-refractivity contribution is 5.83. The smallest absolute Gasteiger partial charge is 0.277 e. The maximum absolute atomic E-state index is 11.7. The molecule has 2 aromatic rings. The first-order valence-electron chi connectivity index (χ1n) is 8.38. The van der Waals surface area contributed by atoms with Crippen molar-refractivity contribution in [2.24, 2.45) is 11.0 Å². The minimum atomic E-state index is -0.339. The standard InChI is InChI=1S/C20H24N2O4/c1-15(2)13-25-18-6-4-16(5-7-18)12-21-22-20(23)14-26-19-10-8-17(24-3)9-11-19/h4-12,15H,13-14H2,1-3H3,(H,22,23)/b21-12-. The maximum Gasteiger partial charge on any atom is 0.277 e. The highest BCUT2D eigenvalue weighted by Gasteiger charge is 2.02. The zero-order chi connectivity index (χ0) is 18.8. The van der Waals surface area contributed by atoms with E-state index >= 15 is 0 Å². The number of carbonyl (C=O) groups excluding carboxylic acids is 1. The molecule has 0 aromatic heterocycles. The van der Waals surface area contributed by atoms with Crippen molar-refractivity contribution < 1.29 is 19.0 Å². The first-order valence-corrected chi connectivity index (χ1v) is 8.38. The van der Waals surface area contributed by atoms with Gasteiger partial charge in [0.2, 0.25) is 0 Å². The highest BCUT2D eigenvalue weighted by Crippen LogP contribution is 2.16. The first-order chi connectivity index (χ1) is 12.6. The molecular formula is C20H24N2O4. The third kappa shape index (κ3) is 6.84. The Morgan fingerprint density at radius 2 is 1.58 bits per heavy atom. The number of hydrazone groups is 1. The molecule has 0 heterocycles. The van der Waals surface area contributed by atoms with Crippen molar-refractivity contribution in [2.75, 3.05) is 20.3 Å². The molecule has 0 spiro atoms. The molecule has 6 heteroatoms. The minimum Gasteiger partial charge on any atom is -0.497 e. The molecule has 138 valence electrons. The Hall–Kier alpha value is -3.02. The van der Waals surface area contributed by atoms with Crippen LogP contribution < -0.4 is 19.6 Å². The summed E-state index contributed by atoms with van der Waals surface area (Å²) in [5.74, 6) is 2.27. The monoisotopic (exact) mass is 356 g/mol. The second kappa shape index (κ2) is 10.1. The van der Waals surface area contributed by atoms with Crippen molar-refractivity contribution in [3.8, 4) is 17.2 Å². The topological polar surface area (TPSA) is 69.2 Å². The number of carbonyl (C=O) groups is 1. The molecule has 1 amide bonds. The number of amides is 1. The quantitative estimate of drug-likeness (QED) is 0.553. The van der Waals surface area contributed by atoms with Crippen LogP contribution in [0.15, 0.2) is 53.6 Å². The number of rotatable bonds is 9. The SMILES string of the molecule is COc1ccc(OCC(=O)N/N=C\c2ccc(OCC(C)C)cc2)cc1. The molecule has 6 nitrogen and oxygen atoms in total. The van der Waals surface area contributed by atoms with E-state index in [0.29, 0.717) is 18.3 Å². The summed E-state index contributed by atoms with van der Waals surface area (Å²) in [7, 11) is 1.59. The van der Waals surface area contributed by atoms with Crippen LogP contribution >= 0.6 is 0 Å². The number of hydrogen-bond acceptors (Lipinski definition) is 5. The second-order valence-electron chi connectivity index (χ2n) is 6.03. The van der Waals surface area contributed by atoms with E-state index in [-0.39, 0.29) is 12.5 Å². The lowest BCUT2D eigenvalue weighted by Crippen LogP contribution is -2.24. The number of methoxy groups -OCH3 is 1. The molecule has 26 heavy (non-hydrogen) atoms. The molecule has 0 saturated heterocycles. The molecule has 2 rings (SSSR count). The largest absolute Gasteiger partial charge is 0.497 e. The van der Waals surface area contributed by atoms with Gasteiger partial charge in [0.25, 0.3) is 5.91 Å². The van der Waals surface area contributed by atoms with Crippen LogP contribution in [0.5, 0.6) is 17.2 Å². The van der Waals surface area contributed by atoms with Crippen LogP contribution in [-0.4, -0.2) is 32.4 Å². The Labute approximate surface area is 153 Å². The summed E-state index contributed by atoms with van der Waals surface area (Å²) in [5.41, 5.74) is 3.29. The Morgan fingerprint density at radius 1 is 1.00 bits per heavy atom. The van der Waals surface area contributed by atoms with Crippen LogP contribution in [0, 0.1) is 5.92 Å². The highest BCUT2D eigenvalue weighted by atomic mass is 16.5. The lowest BCUT2D eigenvalue weighted by Gasteiger charge is -2.08. The van der Waals surface area contributed by atoms with Crippen molar-refractivity contribution in [1.29, 1.82) is 0 Å². The Kier molecular flexibility index (Phi) is 7.49. The molecule has 0 atom stereocenters. The van der Waals surface area contributed by atoms with Crippen LogP contribution in [-0.2, 0) is 4.79 Å². The molecule has 0 fully saturated rings. The van der Waals surface area contributed by atoms with Crippen LogP contribution in [0.1, 0.15) is 19.4 Å². The van der Waals surface area contributed by atoms with E-state index in [4.69, 9.17) is 14.2 Å². The Balaban J connectivity index is 1.73. The average molecular weight is 356 g/mol. The van der Waals surface area contributed by atoms with Crippen molar-refractivity contribution in [2.45, 2.75) is 13.8 Å². The molecule has 0 unspecified atom stereocenters. The molecule has 0 radical (unpaired) electrons. The van der Waals surface area contributed by atoms with E-state index in [1.54, 1.807) is 37.6 Å². The Bertz CT molecular complexity index is 710. The van der Waals surface area contributed by atoms with Gasteiger partial charge in [0.05, 0.1) is 19.9 Å². The fraction of sp³-hybridized carbons (Fsp3) is 0.300. The van der Waals surface area contributed by atoms with Gasteiger partial charge in [-0.1, -0.05) is 13.8 Å². The van der Waals surface area contributed by atoms with Gasteiger partial charge in [-0.2, -0.15) is 5.10 Å². The molecular weight excluding hydrogens is 332 g/mol. The van der Waals surface area contributed by atoms with Crippen LogP contribution in [0.2, 0.25) is 0 Å². The van der Waals surface area contributed by atoms with E-state index in [1.807, 2.05) is 24.3 Å². The predicted molar refractivity (Wildman–Crippen MR) is 101 cm³/mol. The van der Waals surface area contributed by atoms with Gasteiger partial charge in [0, 0.05) is 0 Å². The lowest BCUT2D eigenvalue weighted by atomic mass is 10.2. The van der Waals surface area contributed by atoms with E-state index < -0.39 is 0 Å². The summed E-state index contributed by atoms with van der Waals surface area (Å²) in [4.78, 5) is 11.7. The molecule has 1 N–H and O–H groups in total. The summed E-state index contributed by atoms with van der Waals surface area (Å²) in [6.07, 6.45) is 1.57. The average Bonchev–Trinajstić information content (AvgIpc) is 2.66. The fourth-order valence-corrected chi connectivity index (χ4v) is 1.94. The van der Waals surface area contributed by atoms with Crippen molar-refractivity contribution >= 4 is 12.1 Å². The lowest BCUT2D eigenvalue weighted by molar-refractivity contribution is -0.123. The number of ether oxygens (including phenoxy) is 3. The van der Waals surface area contributed by atoms with Gasteiger partial charge in [-0.3, -0.25) is 4.79 Å². The maximum atomic E-state index is 11.7. The second-order valence-corrected chi connectivity index (χ2v) is 6.03. The van der Waals surface area contributed by atoms with E-state index in [2.05, 4.69) is 24.4 Å². The summed E-state index contributed by atoms with van der Waals surface area (Å²) in [6, 6.07) is 14.5. The van der Waals surface area contributed by atoms with Gasteiger partial charge < -0.3 is 14.2 Å². The van der Waals surface area contributed by atoms with Gasteiger partial charge in [0.1, 0.15) is 17.2 Å². The van der Waals surface area contributed by atoms with Crippen molar-refractivity contribution in [3.63, 3.8) is 0 Å². The van der Waals surface area contributed by atoms with Crippen LogP contribution in [0.3, 0.4) is 0 Å². The molecule has 0 aliphatic carbocycles. The summed E-state index contributed by atoms with van der Waals surface area (Å²) >= 11 is 0. The predicted octanol–water partition coefficient (Wildman–Crippen LogP) is 3.26. The van der Waals surface area contributed by atoms with Crippen LogP contribution in [0.4, 0.5) is 0 Å². The van der Waals surface area contributed by atoms with Gasteiger partial charge in [0.15, 0.2) is 6.61 Å². The zero-order valence-corrected chi connectivity index (χ0v) is 15.3. The summed E-state index contributed by atoms with van der Waals surface area (Å²) in [6.45, 7) is 4.76. The Morgan fingerprint density at radius 3 is 2.19 bits per heavy atom. The zero-order valence-electron chi connectivity index (χ0n) is 15.3. The minimum absolute atomic E-state index is 0.119. The summed E-state index contributed by atoms with van der Waals surface area (Å²) < 4.78 is 16.0.